The van der Waals surface area contributed by atoms with Crippen molar-refractivity contribution in [1.82, 2.24) is 9.80 Å². The molecule has 0 aliphatic carbocycles. The molecule has 34 heavy (non-hydrogen) atoms. The zero-order valence-corrected chi connectivity index (χ0v) is 19.1. The van der Waals surface area contributed by atoms with Crippen LogP contribution in [0.4, 0.5) is 5.69 Å². The van der Waals surface area contributed by atoms with E-state index in [9.17, 15) is 4.79 Å². The summed E-state index contributed by atoms with van der Waals surface area (Å²) in [6, 6.07) is 19.2. The number of nitrogens with one attached hydrogen (secondary N) is 1. The third-order valence-electron chi connectivity index (χ3n) is 9.21. The Hall–Kier alpha value is -2.67. The van der Waals surface area contributed by atoms with Crippen LogP contribution in [0.1, 0.15) is 30.4 Å². The van der Waals surface area contributed by atoms with Gasteiger partial charge in [-0.2, -0.15) is 0 Å². The van der Waals surface area contributed by atoms with Crippen LogP contribution < -0.4 is 5.32 Å². The van der Waals surface area contributed by atoms with Gasteiger partial charge in [0.1, 0.15) is 11.1 Å². The maximum atomic E-state index is 13.8. The molecule has 7 atom stereocenters. The van der Waals surface area contributed by atoms with Gasteiger partial charge in [-0.25, -0.2) is 0 Å². The molecule has 1 amide bonds. The van der Waals surface area contributed by atoms with E-state index < -0.39 is 5.60 Å². The Balaban J connectivity index is 1.25. The predicted molar refractivity (Wildman–Crippen MR) is 128 cm³/mol. The number of rotatable bonds is 4. The van der Waals surface area contributed by atoms with Crippen molar-refractivity contribution in [2.45, 2.75) is 60.7 Å². The first-order chi connectivity index (χ1) is 16.7. The number of ether oxygens (including phenoxy) is 2. The SMILES string of the molecule is O=C1[C@@H]2CC3OC45c6ccccc6NC4[C@H](CN1CC1CCCO1)N2C35/C=C/c1ccccc1. The van der Waals surface area contributed by atoms with E-state index in [4.69, 9.17) is 9.47 Å². The van der Waals surface area contributed by atoms with Gasteiger partial charge in [0.2, 0.25) is 5.91 Å². The molecule has 0 aromatic heterocycles. The van der Waals surface area contributed by atoms with Crippen molar-refractivity contribution in [3.05, 3.63) is 71.8 Å². The second kappa shape index (κ2) is 6.72. The first kappa shape index (κ1) is 19.6. The minimum atomic E-state index is -0.459. The molecule has 5 unspecified atom stereocenters. The number of benzene rings is 2. The minimum Gasteiger partial charge on any atom is -0.377 e. The van der Waals surface area contributed by atoms with E-state index in [2.05, 4.69) is 75.8 Å². The third-order valence-corrected chi connectivity index (χ3v) is 9.21. The van der Waals surface area contributed by atoms with Crippen molar-refractivity contribution in [3.63, 3.8) is 0 Å². The summed E-state index contributed by atoms with van der Waals surface area (Å²) in [6.45, 7) is 2.25. The number of nitrogens with zero attached hydrogens (tertiary/aromatic N) is 2. The zero-order chi connectivity index (χ0) is 22.5. The van der Waals surface area contributed by atoms with Gasteiger partial charge in [0, 0.05) is 37.4 Å². The van der Waals surface area contributed by atoms with Crippen molar-refractivity contribution >= 4 is 17.7 Å². The molecule has 2 aromatic rings. The fourth-order valence-electron chi connectivity index (χ4n) is 8.00. The standard InChI is InChI=1S/C28H29N3O3/c32-26-22-15-24-27(13-12-18-7-2-1-3-8-18)28(34-24)20-10-4-5-11-21(20)29-25(28)23(31(22)27)17-30(26)16-19-9-6-14-33-19/h1-5,7-8,10-13,19,22-25,29H,6,9,14-17H2/b13-12+/t19?,22-,23-,24?,25?,27?,28?/m0/s1. The van der Waals surface area contributed by atoms with Crippen molar-refractivity contribution in [1.29, 1.82) is 0 Å². The largest absolute Gasteiger partial charge is 0.377 e. The quantitative estimate of drug-likeness (QED) is 0.768. The Labute approximate surface area is 199 Å². The second-order valence-electron chi connectivity index (χ2n) is 10.7. The molecule has 1 N–H and O–H groups in total. The van der Waals surface area contributed by atoms with Gasteiger partial charge in [-0.15, -0.1) is 0 Å². The van der Waals surface area contributed by atoms with E-state index in [-0.39, 0.29) is 41.8 Å². The van der Waals surface area contributed by atoms with Gasteiger partial charge in [-0.3, -0.25) is 9.69 Å². The third kappa shape index (κ3) is 2.20. The summed E-state index contributed by atoms with van der Waals surface area (Å²) < 4.78 is 12.8. The van der Waals surface area contributed by atoms with E-state index in [0.717, 1.165) is 32.4 Å². The number of carbonyl (C=O) groups excluding carboxylic acids is 1. The van der Waals surface area contributed by atoms with Crippen LogP contribution in [-0.4, -0.2) is 71.3 Å². The van der Waals surface area contributed by atoms with Crippen LogP contribution in [0.15, 0.2) is 60.7 Å². The highest BCUT2D eigenvalue weighted by Crippen LogP contribution is 2.71. The van der Waals surface area contributed by atoms with Crippen LogP contribution >= 0.6 is 0 Å². The first-order valence-corrected chi connectivity index (χ1v) is 12.7. The molecule has 1 spiro atoms. The Bertz CT molecular complexity index is 1190. The Morgan fingerprint density at radius 3 is 2.82 bits per heavy atom. The van der Waals surface area contributed by atoms with E-state index in [1.54, 1.807) is 0 Å². The Kier molecular flexibility index (Phi) is 3.87. The molecular formula is C28H29N3O3. The number of carbonyl (C=O) groups is 1. The summed E-state index contributed by atoms with van der Waals surface area (Å²) in [6.07, 6.45) is 7.71. The van der Waals surface area contributed by atoms with Crippen molar-refractivity contribution in [2.24, 2.45) is 0 Å². The van der Waals surface area contributed by atoms with Crippen LogP contribution in [0.3, 0.4) is 0 Å². The minimum absolute atomic E-state index is 0.0181. The molecule has 5 saturated heterocycles. The Morgan fingerprint density at radius 1 is 1.12 bits per heavy atom. The van der Waals surface area contributed by atoms with Crippen LogP contribution in [0.2, 0.25) is 0 Å². The molecule has 0 bridgehead atoms. The molecule has 6 aliphatic rings. The number of amides is 1. The number of para-hydroxylation sites is 1. The lowest BCUT2D eigenvalue weighted by atomic mass is 9.66. The highest BCUT2D eigenvalue weighted by atomic mass is 16.6. The average molecular weight is 456 g/mol. The molecule has 6 aliphatic heterocycles. The summed E-state index contributed by atoms with van der Waals surface area (Å²) in [4.78, 5) is 18.4. The summed E-state index contributed by atoms with van der Waals surface area (Å²) in [7, 11) is 0. The fraction of sp³-hybridized carbons (Fsp3) is 0.464. The monoisotopic (exact) mass is 455 g/mol. The van der Waals surface area contributed by atoms with E-state index in [1.807, 2.05) is 6.07 Å². The maximum Gasteiger partial charge on any atom is 0.240 e. The van der Waals surface area contributed by atoms with Gasteiger partial charge in [0.25, 0.3) is 0 Å². The number of anilines is 1. The number of fused-ring (bicyclic) bond motifs is 2. The zero-order valence-electron chi connectivity index (χ0n) is 19.1. The summed E-state index contributed by atoms with van der Waals surface area (Å²) in [5.74, 6) is 0.251. The lowest BCUT2D eigenvalue weighted by Crippen LogP contribution is -2.72. The molecule has 0 saturated carbocycles. The van der Waals surface area contributed by atoms with Gasteiger partial charge in [-0.1, -0.05) is 60.7 Å². The second-order valence-corrected chi connectivity index (χ2v) is 10.7. The smallest absolute Gasteiger partial charge is 0.240 e. The molecule has 0 radical (unpaired) electrons. The van der Waals surface area contributed by atoms with E-state index >= 15 is 0 Å². The predicted octanol–water partition coefficient (Wildman–Crippen LogP) is 3.00. The maximum absolute atomic E-state index is 13.8. The molecule has 6 heterocycles. The number of piperazine rings is 1. The van der Waals surface area contributed by atoms with Crippen molar-refractivity contribution < 1.29 is 14.3 Å². The van der Waals surface area contributed by atoms with E-state index in [0.29, 0.717) is 6.54 Å². The Morgan fingerprint density at radius 2 is 1.97 bits per heavy atom. The fourth-order valence-corrected chi connectivity index (χ4v) is 8.00. The van der Waals surface area contributed by atoms with Crippen molar-refractivity contribution in [2.75, 3.05) is 25.0 Å². The molecule has 6 heteroatoms. The topological polar surface area (TPSA) is 54.0 Å². The van der Waals surface area contributed by atoms with Crippen LogP contribution in [0.25, 0.3) is 6.08 Å². The van der Waals surface area contributed by atoms with Crippen LogP contribution in [-0.2, 0) is 19.9 Å². The van der Waals surface area contributed by atoms with Crippen molar-refractivity contribution in [3.8, 4) is 0 Å². The van der Waals surface area contributed by atoms with Crippen LogP contribution in [0, 0.1) is 0 Å². The molecule has 8 rings (SSSR count). The highest BCUT2D eigenvalue weighted by Gasteiger charge is 2.86. The summed E-state index contributed by atoms with van der Waals surface area (Å²) >= 11 is 0. The lowest BCUT2D eigenvalue weighted by Gasteiger charge is -2.58. The first-order valence-electron chi connectivity index (χ1n) is 12.7. The molecule has 6 nitrogen and oxygen atoms in total. The van der Waals surface area contributed by atoms with Gasteiger partial charge >= 0.3 is 0 Å². The lowest BCUT2D eigenvalue weighted by molar-refractivity contribution is -0.259. The van der Waals surface area contributed by atoms with Gasteiger partial charge < -0.3 is 19.7 Å². The highest BCUT2D eigenvalue weighted by molar-refractivity contribution is 5.86. The molecule has 174 valence electrons. The number of hydrogen-bond donors (Lipinski definition) is 1. The molecule has 2 aromatic carbocycles. The summed E-state index contributed by atoms with van der Waals surface area (Å²) in [5, 5.41) is 3.84. The van der Waals surface area contributed by atoms with Gasteiger partial charge in [0.15, 0.2) is 0 Å². The molecular weight excluding hydrogens is 426 g/mol. The summed E-state index contributed by atoms with van der Waals surface area (Å²) in [5.41, 5.74) is 2.82. The van der Waals surface area contributed by atoms with Gasteiger partial charge in [-0.05, 0) is 24.5 Å². The van der Waals surface area contributed by atoms with Crippen LogP contribution in [0.5, 0.6) is 0 Å². The molecule has 5 fully saturated rings. The van der Waals surface area contributed by atoms with E-state index in [1.165, 1.54) is 16.8 Å². The average Bonchev–Trinajstić information content (AvgIpc) is 3.57. The normalized spacial score (nSPS) is 41.4. The number of hydrogen-bond acceptors (Lipinski definition) is 5. The van der Waals surface area contributed by atoms with Gasteiger partial charge in [0.05, 0.1) is 30.3 Å².